The highest BCUT2D eigenvalue weighted by Gasteiger charge is 2.46. The van der Waals surface area contributed by atoms with Crippen LogP contribution < -0.4 is 0 Å². The van der Waals surface area contributed by atoms with E-state index in [2.05, 4.69) is 0 Å². The van der Waals surface area contributed by atoms with Crippen LogP contribution in [-0.4, -0.2) is 37.5 Å². The van der Waals surface area contributed by atoms with Crippen LogP contribution in [0.5, 0.6) is 0 Å². The molecule has 3 rings (SSSR count). The van der Waals surface area contributed by atoms with Crippen LogP contribution in [0.3, 0.4) is 0 Å². The fourth-order valence-electron chi connectivity index (χ4n) is 3.57. The molecule has 5 atom stereocenters. The van der Waals surface area contributed by atoms with Gasteiger partial charge in [-0.2, -0.15) is 0 Å². The monoisotopic (exact) mass is 384 g/mol. The van der Waals surface area contributed by atoms with Crippen molar-refractivity contribution in [2.45, 2.75) is 51.5 Å². The highest BCUT2D eigenvalue weighted by Crippen LogP contribution is 2.32. The molecule has 0 radical (unpaired) electrons. The van der Waals surface area contributed by atoms with Crippen molar-refractivity contribution in [2.24, 2.45) is 5.92 Å². The first kappa shape index (κ1) is 20.5. The van der Waals surface area contributed by atoms with E-state index in [4.69, 9.17) is 18.9 Å². The lowest BCUT2D eigenvalue weighted by molar-refractivity contribution is -0.232. The van der Waals surface area contributed by atoms with Gasteiger partial charge in [0.05, 0.1) is 32.5 Å². The standard InChI is InChI=1S/C23H28O5/c1-16-20(26-14-18-10-6-4-7-11-18)22(17(2)28-21(16)23(24)25-3)27-15-19-12-8-5-9-13-19/h4-13,16-17,20-22H,14-15H2,1-3H3/t16-,17?,20-,21?,22?/m0/s1. The first-order valence-corrected chi connectivity index (χ1v) is 9.64. The van der Waals surface area contributed by atoms with Crippen LogP contribution in [0.2, 0.25) is 0 Å². The Hall–Kier alpha value is -2.21. The second-order valence-electron chi connectivity index (χ2n) is 7.17. The number of rotatable bonds is 7. The third-order valence-electron chi connectivity index (χ3n) is 5.15. The van der Waals surface area contributed by atoms with Gasteiger partial charge < -0.3 is 18.9 Å². The Bertz CT molecular complexity index is 733. The fraction of sp³-hybridized carbons (Fsp3) is 0.435. The number of hydrogen-bond donors (Lipinski definition) is 0. The molecule has 0 N–H and O–H groups in total. The minimum absolute atomic E-state index is 0.201. The molecule has 0 aromatic heterocycles. The number of ether oxygens (including phenoxy) is 4. The molecule has 5 nitrogen and oxygen atoms in total. The predicted octanol–water partition coefficient (Wildman–Crippen LogP) is 3.75. The van der Waals surface area contributed by atoms with E-state index in [1.54, 1.807) is 0 Å². The maximum atomic E-state index is 12.2. The molecule has 0 saturated carbocycles. The zero-order chi connectivity index (χ0) is 19.9. The molecule has 1 aliphatic heterocycles. The maximum absolute atomic E-state index is 12.2. The fourth-order valence-corrected chi connectivity index (χ4v) is 3.57. The van der Waals surface area contributed by atoms with Crippen LogP contribution >= 0.6 is 0 Å². The normalized spacial score (nSPS) is 27.3. The van der Waals surface area contributed by atoms with Gasteiger partial charge in [-0.1, -0.05) is 67.6 Å². The molecule has 0 amide bonds. The van der Waals surface area contributed by atoms with E-state index < -0.39 is 6.10 Å². The summed E-state index contributed by atoms with van der Waals surface area (Å²) in [4.78, 5) is 12.2. The van der Waals surface area contributed by atoms with E-state index in [0.29, 0.717) is 13.2 Å². The number of benzene rings is 2. The van der Waals surface area contributed by atoms with Crippen molar-refractivity contribution in [2.75, 3.05) is 7.11 Å². The highest BCUT2D eigenvalue weighted by molar-refractivity contribution is 5.75. The second-order valence-corrected chi connectivity index (χ2v) is 7.17. The molecule has 0 spiro atoms. The van der Waals surface area contributed by atoms with Crippen molar-refractivity contribution in [3.63, 3.8) is 0 Å². The largest absolute Gasteiger partial charge is 0.467 e. The summed E-state index contributed by atoms with van der Waals surface area (Å²) >= 11 is 0. The van der Waals surface area contributed by atoms with E-state index >= 15 is 0 Å². The molecule has 0 aliphatic carbocycles. The van der Waals surface area contributed by atoms with Gasteiger partial charge in [0.25, 0.3) is 0 Å². The number of methoxy groups -OCH3 is 1. The Morgan fingerprint density at radius 2 is 1.36 bits per heavy atom. The van der Waals surface area contributed by atoms with Gasteiger partial charge >= 0.3 is 5.97 Å². The molecule has 1 heterocycles. The smallest absolute Gasteiger partial charge is 0.335 e. The number of esters is 1. The van der Waals surface area contributed by atoms with Gasteiger partial charge in [-0.05, 0) is 18.1 Å². The van der Waals surface area contributed by atoms with Crippen LogP contribution in [0.25, 0.3) is 0 Å². The predicted molar refractivity (Wildman–Crippen MR) is 106 cm³/mol. The zero-order valence-corrected chi connectivity index (χ0v) is 16.6. The first-order valence-electron chi connectivity index (χ1n) is 9.64. The van der Waals surface area contributed by atoms with E-state index in [1.165, 1.54) is 7.11 Å². The van der Waals surface area contributed by atoms with Crippen LogP contribution in [0.15, 0.2) is 60.7 Å². The summed E-state index contributed by atoms with van der Waals surface area (Å²) in [7, 11) is 1.38. The third-order valence-corrected chi connectivity index (χ3v) is 5.15. The van der Waals surface area contributed by atoms with Gasteiger partial charge in [-0.3, -0.25) is 0 Å². The number of carbonyl (C=O) groups excluding carboxylic acids is 1. The van der Waals surface area contributed by atoms with Crippen LogP contribution in [0, 0.1) is 5.92 Å². The summed E-state index contributed by atoms with van der Waals surface area (Å²) in [5.41, 5.74) is 2.16. The number of carbonyl (C=O) groups is 1. The summed E-state index contributed by atoms with van der Waals surface area (Å²) in [6, 6.07) is 20.0. The first-order chi connectivity index (χ1) is 13.6. The van der Waals surface area contributed by atoms with Crippen molar-refractivity contribution < 1.29 is 23.7 Å². The topological polar surface area (TPSA) is 54.0 Å². The highest BCUT2D eigenvalue weighted by atomic mass is 16.6. The van der Waals surface area contributed by atoms with E-state index in [0.717, 1.165) is 11.1 Å². The van der Waals surface area contributed by atoms with Crippen molar-refractivity contribution in [3.8, 4) is 0 Å². The van der Waals surface area contributed by atoms with E-state index in [9.17, 15) is 4.79 Å². The summed E-state index contributed by atoms with van der Waals surface area (Å²) < 4.78 is 23.4. The molecular weight excluding hydrogens is 356 g/mol. The molecule has 1 saturated heterocycles. The van der Waals surface area contributed by atoms with E-state index in [-0.39, 0.29) is 30.2 Å². The molecule has 2 aromatic carbocycles. The summed E-state index contributed by atoms with van der Waals surface area (Å²) in [6.07, 6.45) is -1.56. The van der Waals surface area contributed by atoms with Gasteiger partial charge in [0, 0.05) is 5.92 Å². The molecule has 28 heavy (non-hydrogen) atoms. The molecule has 5 heteroatoms. The van der Waals surface area contributed by atoms with Crippen molar-refractivity contribution in [3.05, 3.63) is 71.8 Å². The van der Waals surface area contributed by atoms with Crippen molar-refractivity contribution in [1.82, 2.24) is 0 Å². The molecule has 1 aliphatic rings. The Morgan fingerprint density at radius 1 is 0.857 bits per heavy atom. The van der Waals surface area contributed by atoms with Gasteiger partial charge in [-0.15, -0.1) is 0 Å². The van der Waals surface area contributed by atoms with E-state index in [1.807, 2.05) is 74.5 Å². The van der Waals surface area contributed by atoms with Crippen LogP contribution in [-0.2, 0) is 37.0 Å². The lowest BCUT2D eigenvalue weighted by Crippen LogP contribution is -2.56. The summed E-state index contributed by atoms with van der Waals surface area (Å²) in [5.74, 6) is -0.581. The SMILES string of the molecule is COC(=O)C1OC(C)C(OCc2ccccc2)[C@@H](OCc2ccccc2)[C@@H]1C. The Labute approximate surface area is 166 Å². The van der Waals surface area contributed by atoms with Crippen molar-refractivity contribution in [1.29, 1.82) is 0 Å². The quantitative estimate of drug-likeness (QED) is 0.681. The molecule has 150 valence electrons. The summed E-state index contributed by atoms with van der Waals surface area (Å²) in [6.45, 7) is 4.76. The average Bonchev–Trinajstić information content (AvgIpc) is 2.74. The zero-order valence-electron chi connectivity index (χ0n) is 16.6. The summed E-state index contributed by atoms with van der Waals surface area (Å²) in [5, 5.41) is 0. The second kappa shape index (κ2) is 9.82. The van der Waals surface area contributed by atoms with Gasteiger partial charge in [0.1, 0.15) is 6.10 Å². The maximum Gasteiger partial charge on any atom is 0.335 e. The van der Waals surface area contributed by atoms with Gasteiger partial charge in [-0.25, -0.2) is 4.79 Å². The Balaban J connectivity index is 1.74. The molecule has 1 fully saturated rings. The minimum Gasteiger partial charge on any atom is -0.467 e. The lowest BCUT2D eigenvalue weighted by atomic mass is 9.88. The van der Waals surface area contributed by atoms with Gasteiger partial charge in [0.2, 0.25) is 0 Å². The Morgan fingerprint density at radius 3 is 1.86 bits per heavy atom. The van der Waals surface area contributed by atoms with Crippen LogP contribution in [0.4, 0.5) is 0 Å². The van der Waals surface area contributed by atoms with Crippen LogP contribution in [0.1, 0.15) is 25.0 Å². The molecule has 3 unspecified atom stereocenters. The Kier molecular flexibility index (Phi) is 7.20. The lowest BCUT2D eigenvalue weighted by Gasteiger charge is -2.43. The molecule has 0 bridgehead atoms. The minimum atomic E-state index is -0.669. The van der Waals surface area contributed by atoms with Gasteiger partial charge in [0.15, 0.2) is 6.10 Å². The molecular formula is C23H28O5. The molecule has 2 aromatic rings. The van der Waals surface area contributed by atoms with Crippen molar-refractivity contribution >= 4 is 5.97 Å². The average molecular weight is 384 g/mol. The third kappa shape index (κ3) is 4.98. The number of hydrogen-bond acceptors (Lipinski definition) is 5.